The largest absolute Gasteiger partial charge is 0.497 e. The van der Waals surface area contributed by atoms with E-state index in [0.717, 1.165) is 0 Å². The highest BCUT2D eigenvalue weighted by molar-refractivity contribution is 6.30. The van der Waals surface area contributed by atoms with Crippen molar-refractivity contribution in [3.8, 4) is 11.5 Å². The van der Waals surface area contributed by atoms with Gasteiger partial charge in [0.15, 0.2) is 0 Å². The van der Waals surface area contributed by atoms with Gasteiger partial charge >= 0.3 is 0 Å². The summed E-state index contributed by atoms with van der Waals surface area (Å²) in [5, 5.41) is 6.15. The number of para-hydroxylation sites is 1. The molecule has 30 heavy (non-hydrogen) atoms. The molecule has 0 saturated heterocycles. The molecule has 2 N–H and O–H groups in total. The maximum absolute atomic E-state index is 12.6. The van der Waals surface area contributed by atoms with Gasteiger partial charge in [0.25, 0.3) is 11.8 Å². The summed E-state index contributed by atoms with van der Waals surface area (Å²) >= 11 is 5.92. The van der Waals surface area contributed by atoms with Crippen LogP contribution in [0.25, 0.3) is 0 Å². The summed E-state index contributed by atoms with van der Waals surface area (Å²) in [6, 6.07) is 20.6. The summed E-state index contributed by atoms with van der Waals surface area (Å²) in [6.45, 7) is 0.582. The molecule has 0 atom stereocenters. The lowest BCUT2D eigenvalue weighted by Gasteiger charge is -2.12. The van der Waals surface area contributed by atoms with Crippen molar-refractivity contribution < 1.29 is 19.1 Å². The molecule has 0 aliphatic heterocycles. The Labute approximate surface area is 179 Å². The van der Waals surface area contributed by atoms with Crippen molar-refractivity contribution in [3.05, 3.63) is 88.9 Å². The number of anilines is 1. The lowest BCUT2D eigenvalue weighted by atomic mass is 10.1. The Bertz CT molecular complexity index is 1020. The van der Waals surface area contributed by atoms with Crippen molar-refractivity contribution in [3.63, 3.8) is 0 Å². The van der Waals surface area contributed by atoms with Crippen molar-refractivity contribution >= 4 is 29.1 Å². The molecule has 3 aromatic carbocycles. The van der Waals surface area contributed by atoms with Crippen LogP contribution in [0.4, 0.5) is 5.69 Å². The first-order valence-corrected chi connectivity index (χ1v) is 9.65. The molecule has 0 aliphatic carbocycles. The first kappa shape index (κ1) is 21.2. The van der Waals surface area contributed by atoms with Gasteiger partial charge in [0.05, 0.1) is 24.9 Å². The van der Waals surface area contributed by atoms with Gasteiger partial charge in [-0.05, 0) is 54.6 Å². The predicted octanol–water partition coefficient (Wildman–Crippen LogP) is 4.41. The van der Waals surface area contributed by atoms with Crippen molar-refractivity contribution in [2.45, 2.75) is 0 Å². The van der Waals surface area contributed by atoms with Gasteiger partial charge in [-0.3, -0.25) is 9.59 Å². The first-order chi connectivity index (χ1) is 14.6. The maximum Gasteiger partial charge on any atom is 0.255 e. The zero-order valence-corrected chi connectivity index (χ0v) is 17.1. The summed E-state index contributed by atoms with van der Waals surface area (Å²) in [4.78, 5) is 25.1. The summed E-state index contributed by atoms with van der Waals surface area (Å²) in [7, 11) is 1.56. The van der Waals surface area contributed by atoms with Crippen LogP contribution in [0.5, 0.6) is 11.5 Å². The molecule has 0 aliphatic rings. The van der Waals surface area contributed by atoms with Crippen LogP contribution in [-0.2, 0) is 0 Å². The number of rotatable bonds is 8. The Morgan fingerprint density at radius 1 is 0.900 bits per heavy atom. The van der Waals surface area contributed by atoms with Gasteiger partial charge in [-0.25, -0.2) is 0 Å². The number of methoxy groups -OCH3 is 1. The van der Waals surface area contributed by atoms with Crippen LogP contribution >= 0.6 is 11.6 Å². The van der Waals surface area contributed by atoms with Gasteiger partial charge in [-0.15, -0.1) is 0 Å². The second kappa shape index (κ2) is 10.3. The molecule has 0 unspecified atom stereocenters. The van der Waals surface area contributed by atoms with E-state index in [-0.39, 0.29) is 18.4 Å². The molecule has 6 nitrogen and oxygen atoms in total. The SMILES string of the molecule is COc1ccc(C(=O)Nc2ccccc2C(=O)NCCOc2cccc(Cl)c2)cc1. The Balaban J connectivity index is 1.58. The molecular weight excluding hydrogens is 404 g/mol. The monoisotopic (exact) mass is 424 g/mol. The fraction of sp³-hybridized carbons (Fsp3) is 0.130. The number of amides is 2. The molecule has 154 valence electrons. The molecule has 0 aromatic heterocycles. The summed E-state index contributed by atoms with van der Waals surface area (Å²) in [6.07, 6.45) is 0. The van der Waals surface area contributed by atoms with E-state index in [0.29, 0.717) is 39.9 Å². The first-order valence-electron chi connectivity index (χ1n) is 9.28. The average molecular weight is 425 g/mol. The standard InChI is InChI=1S/C23H21ClN2O4/c1-29-18-11-9-16(10-12-18)22(27)26-21-8-3-2-7-20(21)23(28)25-13-14-30-19-6-4-5-17(24)15-19/h2-12,15H,13-14H2,1H3,(H,25,28)(H,26,27). The second-order valence-electron chi connectivity index (χ2n) is 6.29. The minimum Gasteiger partial charge on any atom is -0.497 e. The minimum absolute atomic E-state index is 0.284. The van der Waals surface area contributed by atoms with E-state index >= 15 is 0 Å². The van der Waals surface area contributed by atoms with E-state index in [1.165, 1.54) is 0 Å². The topological polar surface area (TPSA) is 76.7 Å². The van der Waals surface area contributed by atoms with E-state index < -0.39 is 0 Å². The van der Waals surface area contributed by atoms with E-state index in [1.807, 2.05) is 0 Å². The predicted molar refractivity (Wildman–Crippen MR) is 117 cm³/mol. The Kier molecular flexibility index (Phi) is 7.29. The zero-order valence-electron chi connectivity index (χ0n) is 16.4. The lowest BCUT2D eigenvalue weighted by molar-refractivity contribution is 0.0948. The number of hydrogen-bond acceptors (Lipinski definition) is 4. The number of carbonyl (C=O) groups excluding carboxylic acids is 2. The van der Waals surface area contributed by atoms with Gasteiger partial charge in [-0.1, -0.05) is 29.8 Å². The molecule has 7 heteroatoms. The van der Waals surface area contributed by atoms with Crippen molar-refractivity contribution in [2.75, 3.05) is 25.6 Å². The zero-order chi connectivity index (χ0) is 21.3. The molecular formula is C23H21ClN2O4. The fourth-order valence-corrected chi connectivity index (χ4v) is 2.89. The van der Waals surface area contributed by atoms with Gasteiger partial charge in [-0.2, -0.15) is 0 Å². The molecule has 0 bridgehead atoms. The van der Waals surface area contributed by atoms with Crippen LogP contribution in [0.2, 0.25) is 5.02 Å². The Morgan fingerprint density at radius 2 is 1.67 bits per heavy atom. The van der Waals surface area contributed by atoms with Crippen molar-refractivity contribution in [1.82, 2.24) is 5.32 Å². The van der Waals surface area contributed by atoms with Crippen molar-refractivity contribution in [2.24, 2.45) is 0 Å². The van der Waals surface area contributed by atoms with Gasteiger partial charge < -0.3 is 20.1 Å². The van der Waals surface area contributed by atoms with Crippen LogP contribution in [0.15, 0.2) is 72.8 Å². The molecule has 0 radical (unpaired) electrons. The summed E-state index contributed by atoms with van der Waals surface area (Å²) in [5.74, 6) is 0.660. The molecule has 3 rings (SSSR count). The van der Waals surface area contributed by atoms with E-state index in [9.17, 15) is 9.59 Å². The third-order valence-electron chi connectivity index (χ3n) is 4.22. The molecule has 0 fully saturated rings. The normalized spacial score (nSPS) is 10.2. The van der Waals surface area contributed by atoms with Gasteiger partial charge in [0, 0.05) is 10.6 Å². The number of nitrogens with one attached hydrogen (secondary N) is 2. The molecule has 2 amide bonds. The Morgan fingerprint density at radius 3 is 2.40 bits per heavy atom. The van der Waals surface area contributed by atoms with Crippen LogP contribution in [0.1, 0.15) is 20.7 Å². The number of carbonyl (C=O) groups is 2. The minimum atomic E-state index is -0.317. The average Bonchev–Trinajstić information content (AvgIpc) is 2.77. The molecule has 0 spiro atoms. The second-order valence-corrected chi connectivity index (χ2v) is 6.73. The van der Waals surface area contributed by atoms with E-state index in [4.69, 9.17) is 21.1 Å². The Hall–Kier alpha value is -3.51. The summed E-state index contributed by atoms with van der Waals surface area (Å²) < 4.78 is 10.7. The van der Waals surface area contributed by atoms with E-state index in [1.54, 1.807) is 79.9 Å². The third kappa shape index (κ3) is 5.75. The summed E-state index contributed by atoms with van der Waals surface area (Å²) in [5.41, 5.74) is 1.25. The number of hydrogen-bond donors (Lipinski definition) is 2. The van der Waals surface area contributed by atoms with Crippen LogP contribution in [0.3, 0.4) is 0 Å². The molecule has 0 heterocycles. The van der Waals surface area contributed by atoms with Crippen LogP contribution in [0, 0.1) is 0 Å². The quantitative estimate of drug-likeness (QED) is 0.525. The fourth-order valence-electron chi connectivity index (χ4n) is 2.71. The smallest absolute Gasteiger partial charge is 0.255 e. The van der Waals surface area contributed by atoms with Gasteiger partial charge in [0.1, 0.15) is 18.1 Å². The highest BCUT2D eigenvalue weighted by atomic mass is 35.5. The third-order valence-corrected chi connectivity index (χ3v) is 4.46. The van der Waals surface area contributed by atoms with E-state index in [2.05, 4.69) is 10.6 Å². The van der Waals surface area contributed by atoms with Crippen molar-refractivity contribution in [1.29, 1.82) is 0 Å². The number of ether oxygens (including phenoxy) is 2. The maximum atomic E-state index is 12.6. The highest BCUT2D eigenvalue weighted by Crippen LogP contribution is 2.18. The van der Waals surface area contributed by atoms with Crippen LogP contribution in [-0.4, -0.2) is 32.1 Å². The molecule has 3 aromatic rings. The lowest BCUT2D eigenvalue weighted by Crippen LogP contribution is -2.29. The number of benzene rings is 3. The van der Waals surface area contributed by atoms with Gasteiger partial charge in [0.2, 0.25) is 0 Å². The van der Waals surface area contributed by atoms with Crippen LogP contribution < -0.4 is 20.1 Å². The number of halogens is 1. The highest BCUT2D eigenvalue weighted by Gasteiger charge is 2.14. The molecule has 0 saturated carbocycles.